The number of likely N-dealkylation sites (tertiary alicyclic amines) is 1. The average Bonchev–Trinajstić information content (AvgIpc) is 2.40. The molecule has 3 heteroatoms. The summed E-state index contributed by atoms with van der Waals surface area (Å²) < 4.78 is 5.44. The van der Waals surface area contributed by atoms with E-state index in [2.05, 4.69) is 35.7 Å². The van der Waals surface area contributed by atoms with Crippen molar-refractivity contribution >= 4 is 5.97 Å². The van der Waals surface area contributed by atoms with Crippen molar-refractivity contribution in [3.05, 3.63) is 48.0 Å². The molecular weight excluding hydrogens is 238 g/mol. The highest BCUT2D eigenvalue weighted by atomic mass is 16.5. The van der Waals surface area contributed by atoms with Crippen molar-refractivity contribution in [3.8, 4) is 0 Å². The molecule has 0 N–H and O–H groups in total. The molecule has 1 aliphatic rings. The molecule has 2 rings (SSSR count). The summed E-state index contributed by atoms with van der Waals surface area (Å²) in [5.74, 6) is -0.272. The summed E-state index contributed by atoms with van der Waals surface area (Å²) in [6, 6.07) is 10.4. The minimum Gasteiger partial charge on any atom is -0.458 e. The van der Waals surface area contributed by atoms with Crippen molar-refractivity contribution in [2.75, 3.05) is 13.1 Å². The Morgan fingerprint density at radius 1 is 1.42 bits per heavy atom. The van der Waals surface area contributed by atoms with Crippen LogP contribution in [0.4, 0.5) is 0 Å². The van der Waals surface area contributed by atoms with Gasteiger partial charge in [0, 0.05) is 18.7 Å². The number of esters is 1. The van der Waals surface area contributed by atoms with Gasteiger partial charge in [-0.1, -0.05) is 36.9 Å². The van der Waals surface area contributed by atoms with E-state index in [1.165, 1.54) is 5.56 Å². The third-order valence-corrected chi connectivity index (χ3v) is 3.33. The molecular formula is C16H21NO2. The topological polar surface area (TPSA) is 29.5 Å². The van der Waals surface area contributed by atoms with Crippen LogP contribution in [0.5, 0.6) is 0 Å². The zero-order valence-corrected chi connectivity index (χ0v) is 11.5. The smallest absolute Gasteiger partial charge is 0.333 e. The lowest BCUT2D eigenvalue weighted by Gasteiger charge is -2.32. The maximum atomic E-state index is 11.5. The van der Waals surface area contributed by atoms with Crippen LogP contribution >= 0.6 is 0 Å². The third kappa shape index (κ3) is 4.21. The molecule has 1 aliphatic heterocycles. The lowest BCUT2D eigenvalue weighted by atomic mass is 10.1. The predicted octanol–water partition coefficient (Wildman–Crippen LogP) is 2.77. The SMILES string of the molecule is C=C(C)C(=O)O[C@@H]1CCCN(Cc2ccccc2)C1. The number of rotatable bonds is 4. The van der Waals surface area contributed by atoms with Gasteiger partial charge >= 0.3 is 5.97 Å². The van der Waals surface area contributed by atoms with Crippen molar-refractivity contribution in [1.82, 2.24) is 4.90 Å². The molecule has 0 radical (unpaired) electrons. The van der Waals surface area contributed by atoms with Crippen LogP contribution in [0.1, 0.15) is 25.3 Å². The molecule has 0 aromatic heterocycles. The first-order valence-corrected chi connectivity index (χ1v) is 6.78. The van der Waals surface area contributed by atoms with Crippen LogP contribution in [0.15, 0.2) is 42.5 Å². The van der Waals surface area contributed by atoms with Gasteiger partial charge in [-0.25, -0.2) is 4.79 Å². The van der Waals surface area contributed by atoms with Gasteiger partial charge < -0.3 is 4.74 Å². The second kappa shape index (κ2) is 6.53. The summed E-state index contributed by atoms with van der Waals surface area (Å²) in [6.07, 6.45) is 2.02. The summed E-state index contributed by atoms with van der Waals surface area (Å²) in [6.45, 7) is 8.10. The second-order valence-corrected chi connectivity index (χ2v) is 5.17. The number of nitrogens with zero attached hydrogens (tertiary/aromatic N) is 1. The van der Waals surface area contributed by atoms with Crippen LogP contribution in [0.3, 0.4) is 0 Å². The lowest BCUT2D eigenvalue weighted by molar-refractivity contribution is -0.146. The van der Waals surface area contributed by atoms with Gasteiger partial charge in [-0.2, -0.15) is 0 Å². The molecule has 1 atom stereocenters. The Kier molecular flexibility index (Phi) is 4.74. The fraction of sp³-hybridized carbons (Fsp3) is 0.438. The summed E-state index contributed by atoms with van der Waals surface area (Å²) >= 11 is 0. The highest BCUT2D eigenvalue weighted by Crippen LogP contribution is 2.16. The number of ether oxygens (including phenoxy) is 1. The molecule has 1 heterocycles. The number of benzene rings is 1. The van der Waals surface area contributed by atoms with E-state index in [0.29, 0.717) is 5.57 Å². The number of hydrogen-bond acceptors (Lipinski definition) is 3. The summed E-state index contributed by atoms with van der Waals surface area (Å²) in [5, 5.41) is 0. The first-order valence-electron chi connectivity index (χ1n) is 6.78. The molecule has 0 saturated carbocycles. The van der Waals surface area contributed by atoms with Crippen molar-refractivity contribution in [2.45, 2.75) is 32.4 Å². The Balaban J connectivity index is 1.87. The standard InChI is InChI=1S/C16H21NO2/c1-13(2)16(18)19-15-9-6-10-17(12-15)11-14-7-4-3-5-8-14/h3-5,7-8,15H,1,6,9-12H2,2H3/t15-/m1/s1. The summed E-state index contributed by atoms with van der Waals surface area (Å²) in [7, 11) is 0. The van der Waals surface area contributed by atoms with Crippen LogP contribution < -0.4 is 0 Å². The minimum atomic E-state index is -0.272. The van der Waals surface area contributed by atoms with E-state index in [9.17, 15) is 4.79 Å². The van der Waals surface area contributed by atoms with Crippen molar-refractivity contribution in [3.63, 3.8) is 0 Å². The Morgan fingerprint density at radius 2 is 2.16 bits per heavy atom. The van der Waals surface area contributed by atoms with Gasteiger partial charge in [0.15, 0.2) is 0 Å². The van der Waals surface area contributed by atoms with E-state index >= 15 is 0 Å². The first kappa shape index (κ1) is 13.8. The van der Waals surface area contributed by atoms with Gasteiger partial charge in [-0.05, 0) is 31.9 Å². The molecule has 1 aromatic carbocycles. The maximum Gasteiger partial charge on any atom is 0.333 e. The number of carbonyl (C=O) groups excluding carboxylic acids is 1. The number of piperidine rings is 1. The minimum absolute atomic E-state index is 0.00154. The van der Waals surface area contributed by atoms with Crippen LogP contribution in [-0.2, 0) is 16.1 Å². The summed E-state index contributed by atoms with van der Waals surface area (Å²) in [4.78, 5) is 13.9. The van der Waals surface area contributed by atoms with E-state index in [-0.39, 0.29) is 12.1 Å². The first-order chi connectivity index (χ1) is 9.15. The van der Waals surface area contributed by atoms with Gasteiger partial charge in [0.2, 0.25) is 0 Å². The highest BCUT2D eigenvalue weighted by Gasteiger charge is 2.23. The molecule has 102 valence electrons. The number of carbonyl (C=O) groups is 1. The average molecular weight is 259 g/mol. The third-order valence-electron chi connectivity index (χ3n) is 3.33. The van der Waals surface area contributed by atoms with Crippen LogP contribution in [0.25, 0.3) is 0 Å². The van der Waals surface area contributed by atoms with Crippen LogP contribution in [-0.4, -0.2) is 30.1 Å². The normalized spacial score (nSPS) is 19.9. The second-order valence-electron chi connectivity index (χ2n) is 5.17. The quantitative estimate of drug-likeness (QED) is 0.615. The Labute approximate surface area is 114 Å². The van der Waals surface area contributed by atoms with E-state index < -0.39 is 0 Å². The van der Waals surface area contributed by atoms with Crippen molar-refractivity contribution < 1.29 is 9.53 Å². The number of hydrogen-bond donors (Lipinski definition) is 0. The molecule has 19 heavy (non-hydrogen) atoms. The van der Waals surface area contributed by atoms with Gasteiger partial charge in [0.1, 0.15) is 6.10 Å². The largest absolute Gasteiger partial charge is 0.458 e. The predicted molar refractivity (Wildman–Crippen MR) is 75.6 cm³/mol. The lowest BCUT2D eigenvalue weighted by Crippen LogP contribution is -2.40. The summed E-state index contributed by atoms with van der Waals surface area (Å²) in [5.41, 5.74) is 1.77. The van der Waals surface area contributed by atoms with Crippen molar-refractivity contribution in [2.24, 2.45) is 0 Å². The van der Waals surface area contributed by atoms with Gasteiger partial charge in [-0.3, -0.25) is 4.90 Å². The molecule has 0 spiro atoms. The molecule has 0 bridgehead atoms. The fourth-order valence-electron chi connectivity index (χ4n) is 2.35. The van der Waals surface area contributed by atoms with Crippen LogP contribution in [0.2, 0.25) is 0 Å². The van der Waals surface area contributed by atoms with E-state index in [0.717, 1.165) is 32.5 Å². The molecule has 0 aliphatic carbocycles. The molecule has 1 aromatic rings. The Morgan fingerprint density at radius 3 is 2.84 bits per heavy atom. The molecule has 0 unspecified atom stereocenters. The zero-order chi connectivity index (χ0) is 13.7. The Bertz CT molecular complexity index is 441. The Hall–Kier alpha value is -1.61. The maximum absolute atomic E-state index is 11.5. The van der Waals surface area contributed by atoms with Crippen molar-refractivity contribution in [1.29, 1.82) is 0 Å². The van der Waals surface area contributed by atoms with Gasteiger partial charge in [0.05, 0.1) is 0 Å². The van der Waals surface area contributed by atoms with E-state index in [1.54, 1.807) is 6.92 Å². The van der Waals surface area contributed by atoms with Gasteiger partial charge in [0.25, 0.3) is 0 Å². The zero-order valence-electron chi connectivity index (χ0n) is 11.5. The van der Waals surface area contributed by atoms with Gasteiger partial charge in [-0.15, -0.1) is 0 Å². The highest BCUT2D eigenvalue weighted by molar-refractivity contribution is 5.87. The monoisotopic (exact) mass is 259 g/mol. The molecule has 1 saturated heterocycles. The molecule has 3 nitrogen and oxygen atoms in total. The van der Waals surface area contributed by atoms with E-state index in [4.69, 9.17) is 4.74 Å². The van der Waals surface area contributed by atoms with E-state index in [1.807, 2.05) is 6.07 Å². The molecule has 1 fully saturated rings. The fourth-order valence-corrected chi connectivity index (χ4v) is 2.35. The van der Waals surface area contributed by atoms with Crippen LogP contribution in [0, 0.1) is 0 Å². The molecule has 0 amide bonds.